The van der Waals surface area contributed by atoms with Crippen LogP contribution in [0.5, 0.6) is 0 Å². The van der Waals surface area contributed by atoms with Crippen molar-refractivity contribution in [3.05, 3.63) is 0 Å². The van der Waals surface area contributed by atoms with Gasteiger partial charge in [-0.3, -0.25) is 9.63 Å². The van der Waals surface area contributed by atoms with Crippen LogP contribution in [0.4, 0.5) is 0 Å². The Kier molecular flexibility index (Phi) is 4.05. The van der Waals surface area contributed by atoms with Crippen LogP contribution in [0, 0.1) is 11.3 Å². The van der Waals surface area contributed by atoms with Gasteiger partial charge in [-0.1, -0.05) is 26.7 Å². The number of amides is 1. The average Bonchev–Trinajstić information content (AvgIpc) is 2.97. The van der Waals surface area contributed by atoms with Crippen LogP contribution in [0.3, 0.4) is 0 Å². The van der Waals surface area contributed by atoms with Crippen molar-refractivity contribution in [3.8, 4) is 0 Å². The topological polar surface area (TPSA) is 50.4 Å². The summed E-state index contributed by atoms with van der Waals surface area (Å²) in [5.41, 5.74) is 2.43. The van der Waals surface area contributed by atoms with E-state index in [9.17, 15) is 4.79 Å². The summed E-state index contributed by atoms with van der Waals surface area (Å²) in [4.78, 5) is 17.8. The van der Waals surface area contributed by atoms with Gasteiger partial charge >= 0.3 is 0 Å². The van der Waals surface area contributed by atoms with E-state index in [1.54, 1.807) is 0 Å². The quantitative estimate of drug-likeness (QED) is 0.734. The third kappa shape index (κ3) is 2.63. The second-order valence-corrected chi connectivity index (χ2v) is 5.69. The second-order valence-electron chi connectivity index (χ2n) is 5.69. The summed E-state index contributed by atoms with van der Waals surface area (Å²) < 4.78 is 0. The number of carbonyl (C=O) groups excluding carboxylic acids is 1. The van der Waals surface area contributed by atoms with Crippen molar-refractivity contribution in [1.29, 1.82) is 0 Å². The minimum atomic E-state index is -0.279. The molecule has 2 rings (SSSR count). The molecule has 2 aliphatic rings. The summed E-state index contributed by atoms with van der Waals surface area (Å²) in [6, 6.07) is 0. The summed E-state index contributed by atoms with van der Waals surface area (Å²) in [5, 5.41) is 3.29. The van der Waals surface area contributed by atoms with Gasteiger partial charge in [0.2, 0.25) is 0 Å². The summed E-state index contributed by atoms with van der Waals surface area (Å²) in [7, 11) is 0. The molecule has 0 aromatic rings. The van der Waals surface area contributed by atoms with Crippen LogP contribution < -0.4 is 10.8 Å². The normalized spacial score (nSPS) is 30.1. The Morgan fingerprint density at radius 3 is 2.65 bits per heavy atom. The zero-order valence-corrected chi connectivity index (χ0v) is 10.9. The summed E-state index contributed by atoms with van der Waals surface area (Å²) in [5.74, 6) is 0.397. The maximum absolute atomic E-state index is 12.3. The number of rotatable bonds is 4. The Morgan fingerprint density at radius 1 is 1.41 bits per heavy atom. The number of nitrogens with one attached hydrogen (secondary N) is 2. The predicted octanol–water partition coefficient (Wildman–Crippen LogP) is 1.61. The molecular formula is C13H24N2O2. The van der Waals surface area contributed by atoms with E-state index < -0.39 is 0 Å². The van der Waals surface area contributed by atoms with E-state index in [0.29, 0.717) is 5.92 Å². The van der Waals surface area contributed by atoms with Gasteiger partial charge in [0.25, 0.3) is 5.91 Å². The fourth-order valence-corrected chi connectivity index (χ4v) is 2.90. The molecule has 0 aromatic carbocycles. The molecular weight excluding hydrogens is 216 g/mol. The van der Waals surface area contributed by atoms with Crippen molar-refractivity contribution in [2.24, 2.45) is 11.3 Å². The molecule has 98 valence electrons. The van der Waals surface area contributed by atoms with E-state index in [1.165, 1.54) is 12.8 Å². The monoisotopic (exact) mass is 240 g/mol. The van der Waals surface area contributed by atoms with E-state index in [-0.39, 0.29) is 17.4 Å². The fourth-order valence-electron chi connectivity index (χ4n) is 2.90. The Bertz CT molecular complexity index is 267. The van der Waals surface area contributed by atoms with Crippen molar-refractivity contribution in [3.63, 3.8) is 0 Å². The van der Waals surface area contributed by atoms with Crippen LogP contribution in [0.25, 0.3) is 0 Å². The van der Waals surface area contributed by atoms with Crippen LogP contribution in [0.15, 0.2) is 0 Å². The molecule has 1 saturated carbocycles. The van der Waals surface area contributed by atoms with Gasteiger partial charge in [-0.2, -0.15) is 0 Å². The minimum Gasteiger partial charge on any atom is -0.316 e. The maximum Gasteiger partial charge on any atom is 0.251 e. The van der Waals surface area contributed by atoms with Crippen LogP contribution in [-0.4, -0.2) is 25.1 Å². The highest BCUT2D eigenvalue weighted by Crippen LogP contribution is 2.34. The first-order valence-corrected chi connectivity index (χ1v) is 6.82. The Morgan fingerprint density at radius 2 is 2.12 bits per heavy atom. The highest BCUT2D eigenvalue weighted by Gasteiger charge is 2.44. The highest BCUT2D eigenvalue weighted by atomic mass is 16.7. The van der Waals surface area contributed by atoms with Gasteiger partial charge in [-0.05, 0) is 31.7 Å². The Balaban J connectivity index is 1.88. The molecule has 2 fully saturated rings. The highest BCUT2D eigenvalue weighted by molar-refractivity contribution is 5.82. The van der Waals surface area contributed by atoms with Gasteiger partial charge in [-0.15, -0.1) is 0 Å². The van der Waals surface area contributed by atoms with Crippen LogP contribution in [0.2, 0.25) is 0 Å². The zero-order valence-electron chi connectivity index (χ0n) is 10.9. The third-order valence-corrected chi connectivity index (χ3v) is 4.37. The van der Waals surface area contributed by atoms with Gasteiger partial charge in [0.05, 0.1) is 11.5 Å². The Labute approximate surface area is 103 Å². The van der Waals surface area contributed by atoms with Crippen molar-refractivity contribution >= 4 is 5.91 Å². The summed E-state index contributed by atoms with van der Waals surface area (Å²) >= 11 is 0. The first-order chi connectivity index (χ1) is 8.15. The SMILES string of the molecule is CC(C)C1(C(=O)NOC2CCCC2)CCNC1. The van der Waals surface area contributed by atoms with Gasteiger partial charge in [0.15, 0.2) is 0 Å². The van der Waals surface area contributed by atoms with Crippen molar-refractivity contribution in [1.82, 2.24) is 10.8 Å². The predicted molar refractivity (Wildman–Crippen MR) is 66.2 cm³/mol. The molecule has 4 nitrogen and oxygen atoms in total. The molecule has 4 heteroatoms. The lowest BCUT2D eigenvalue weighted by molar-refractivity contribution is -0.150. The van der Waals surface area contributed by atoms with Gasteiger partial charge < -0.3 is 5.32 Å². The fraction of sp³-hybridized carbons (Fsp3) is 0.923. The number of hydrogen-bond acceptors (Lipinski definition) is 3. The molecule has 0 spiro atoms. The largest absolute Gasteiger partial charge is 0.316 e. The third-order valence-electron chi connectivity index (χ3n) is 4.37. The lowest BCUT2D eigenvalue weighted by Gasteiger charge is -2.31. The first-order valence-electron chi connectivity index (χ1n) is 6.82. The molecule has 1 heterocycles. The molecule has 1 aliphatic carbocycles. The standard InChI is InChI=1S/C13H24N2O2/c1-10(2)13(7-8-14-9-13)12(16)15-17-11-5-3-4-6-11/h10-11,14H,3-9H2,1-2H3,(H,15,16). The van der Waals surface area contributed by atoms with Gasteiger partial charge in [0, 0.05) is 6.54 Å². The molecule has 1 saturated heterocycles. The number of carbonyl (C=O) groups is 1. The molecule has 2 N–H and O–H groups in total. The van der Waals surface area contributed by atoms with E-state index in [1.807, 2.05) is 0 Å². The molecule has 1 atom stereocenters. The molecule has 0 radical (unpaired) electrons. The Hall–Kier alpha value is -0.610. The van der Waals surface area contributed by atoms with Gasteiger partial charge in [-0.25, -0.2) is 5.48 Å². The first kappa shape index (κ1) is 12.8. The lowest BCUT2D eigenvalue weighted by atomic mass is 9.76. The molecule has 17 heavy (non-hydrogen) atoms. The molecule has 1 amide bonds. The molecule has 1 unspecified atom stereocenters. The molecule has 0 aromatic heterocycles. The van der Waals surface area contributed by atoms with Gasteiger partial charge in [0.1, 0.15) is 0 Å². The summed E-state index contributed by atoms with van der Waals surface area (Å²) in [6.45, 7) is 5.92. The van der Waals surface area contributed by atoms with E-state index in [4.69, 9.17) is 4.84 Å². The lowest BCUT2D eigenvalue weighted by Crippen LogP contribution is -2.46. The van der Waals surface area contributed by atoms with Crippen LogP contribution >= 0.6 is 0 Å². The van der Waals surface area contributed by atoms with Crippen molar-refractivity contribution in [2.45, 2.75) is 52.1 Å². The van der Waals surface area contributed by atoms with E-state index >= 15 is 0 Å². The van der Waals surface area contributed by atoms with Crippen LogP contribution in [0.1, 0.15) is 46.0 Å². The molecule has 0 bridgehead atoms. The summed E-state index contributed by atoms with van der Waals surface area (Å²) in [6.07, 6.45) is 5.73. The van der Waals surface area contributed by atoms with E-state index in [2.05, 4.69) is 24.6 Å². The van der Waals surface area contributed by atoms with Crippen LogP contribution in [-0.2, 0) is 9.63 Å². The van der Waals surface area contributed by atoms with Crippen molar-refractivity contribution in [2.75, 3.05) is 13.1 Å². The maximum atomic E-state index is 12.3. The zero-order chi connectivity index (χ0) is 12.3. The smallest absolute Gasteiger partial charge is 0.251 e. The second kappa shape index (κ2) is 5.36. The average molecular weight is 240 g/mol. The number of hydroxylamine groups is 1. The van der Waals surface area contributed by atoms with Crippen molar-refractivity contribution < 1.29 is 9.63 Å². The minimum absolute atomic E-state index is 0.0596. The molecule has 1 aliphatic heterocycles. The number of hydrogen-bond donors (Lipinski definition) is 2. The van der Waals surface area contributed by atoms with E-state index in [0.717, 1.165) is 32.4 Å².